The van der Waals surface area contributed by atoms with E-state index < -0.39 is 23.7 Å². The van der Waals surface area contributed by atoms with Gasteiger partial charge >= 0.3 is 5.97 Å². The zero-order valence-electron chi connectivity index (χ0n) is 25.6. The zero-order chi connectivity index (χ0) is 33.9. The van der Waals surface area contributed by atoms with Crippen LogP contribution in [-0.4, -0.2) is 28.7 Å². The molecule has 1 aliphatic rings. The molecule has 242 valence electrons. The molecule has 0 radical (unpaired) electrons. The van der Waals surface area contributed by atoms with Crippen LogP contribution in [0.2, 0.25) is 0 Å². The number of anilines is 1. The molecule has 2 N–H and O–H groups in total. The number of nitrogens with one attached hydrogen (secondary N) is 1. The summed E-state index contributed by atoms with van der Waals surface area (Å²) in [6, 6.07) is 23.9. The average Bonchev–Trinajstić information content (AvgIpc) is 3.37. The molecule has 0 unspecified atom stereocenters. The third-order valence-corrected chi connectivity index (χ3v) is 9.37. The number of halogens is 2. The van der Waals surface area contributed by atoms with E-state index in [4.69, 9.17) is 9.47 Å². The second-order valence-electron chi connectivity index (χ2n) is 10.8. The molecule has 0 fully saturated rings. The number of fused-ring (bicyclic) bond motifs is 1. The van der Waals surface area contributed by atoms with Crippen LogP contribution in [0.1, 0.15) is 40.0 Å². The Morgan fingerprint density at radius 2 is 1.81 bits per heavy atom. The molecule has 4 aromatic carbocycles. The van der Waals surface area contributed by atoms with Gasteiger partial charge in [-0.05, 0) is 101 Å². The number of nitrogens with zero attached hydrogens (tertiary/aromatic N) is 2. The first-order chi connectivity index (χ1) is 23.1. The number of aromatic nitrogens is 1. The number of hydrogen-bond donors (Lipinski definition) is 2. The maximum absolute atomic E-state index is 14.1. The first-order valence-electron chi connectivity index (χ1n) is 14.6. The Labute approximate surface area is 291 Å². The third kappa shape index (κ3) is 6.80. The molecule has 1 aliphatic heterocycles. The van der Waals surface area contributed by atoms with Crippen molar-refractivity contribution in [2.75, 3.05) is 12.4 Å². The Balaban J connectivity index is 1.38. The Morgan fingerprint density at radius 3 is 2.52 bits per heavy atom. The smallest absolute Gasteiger partial charge is 0.335 e. The Morgan fingerprint density at radius 1 is 1.06 bits per heavy atom. The predicted molar refractivity (Wildman–Crippen MR) is 189 cm³/mol. The number of carboxylic acids is 1. The molecule has 1 aromatic heterocycles. The quantitative estimate of drug-likeness (QED) is 0.180. The molecular weight excluding hydrogens is 748 g/mol. The Hall–Kier alpha value is -5.08. The van der Waals surface area contributed by atoms with Crippen LogP contribution in [0.3, 0.4) is 0 Å². The van der Waals surface area contributed by atoms with Crippen LogP contribution in [0.15, 0.2) is 112 Å². The van der Waals surface area contributed by atoms with E-state index in [1.807, 2.05) is 12.1 Å². The lowest BCUT2D eigenvalue weighted by Gasteiger charge is -2.25. The van der Waals surface area contributed by atoms with Gasteiger partial charge in [0.15, 0.2) is 16.3 Å². The molecular formula is C36H27FIN3O6S. The van der Waals surface area contributed by atoms with Crippen molar-refractivity contribution in [1.82, 2.24) is 4.57 Å². The summed E-state index contributed by atoms with van der Waals surface area (Å²) in [6.07, 6.45) is 1.72. The van der Waals surface area contributed by atoms with Crippen LogP contribution in [0, 0.1) is 9.39 Å². The van der Waals surface area contributed by atoms with Crippen molar-refractivity contribution in [3.05, 3.63) is 154 Å². The summed E-state index contributed by atoms with van der Waals surface area (Å²) in [5.74, 6) is -0.986. The number of benzene rings is 4. The van der Waals surface area contributed by atoms with Gasteiger partial charge in [-0.25, -0.2) is 14.2 Å². The zero-order valence-corrected chi connectivity index (χ0v) is 28.5. The van der Waals surface area contributed by atoms with Crippen molar-refractivity contribution >= 4 is 57.6 Å². The summed E-state index contributed by atoms with van der Waals surface area (Å²) in [5.41, 5.74) is 3.01. The van der Waals surface area contributed by atoms with Crippen LogP contribution in [0.4, 0.5) is 10.1 Å². The normalized spacial score (nSPS) is 14.2. The minimum atomic E-state index is -1.02. The van der Waals surface area contributed by atoms with E-state index in [1.54, 1.807) is 73.7 Å². The summed E-state index contributed by atoms with van der Waals surface area (Å²) < 4.78 is 28.2. The summed E-state index contributed by atoms with van der Waals surface area (Å²) in [7, 11) is 1.51. The molecule has 6 rings (SSSR count). The molecule has 0 bridgehead atoms. The van der Waals surface area contributed by atoms with Gasteiger partial charge in [-0.2, -0.15) is 0 Å². The van der Waals surface area contributed by atoms with E-state index in [9.17, 15) is 23.9 Å². The number of hydrogen-bond acceptors (Lipinski definition) is 7. The lowest BCUT2D eigenvalue weighted by Crippen LogP contribution is -2.40. The molecule has 5 aromatic rings. The molecule has 1 amide bonds. The van der Waals surface area contributed by atoms with E-state index in [0.717, 1.165) is 0 Å². The summed E-state index contributed by atoms with van der Waals surface area (Å²) in [4.78, 5) is 44.2. The number of allylic oxidation sites excluding steroid dienone is 1. The van der Waals surface area contributed by atoms with Crippen LogP contribution >= 0.6 is 33.9 Å². The number of ether oxygens (including phenoxy) is 2. The minimum absolute atomic E-state index is 0.119. The number of methoxy groups -OCH3 is 1. The third-order valence-electron chi connectivity index (χ3n) is 7.59. The summed E-state index contributed by atoms with van der Waals surface area (Å²) >= 11 is 3.30. The van der Waals surface area contributed by atoms with Gasteiger partial charge in [0.2, 0.25) is 0 Å². The maximum atomic E-state index is 14.1. The number of amides is 1. The monoisotopic (exact) mass is 775 g/mol. The fourth-order valence-corrected chi connectivity index (χ4v) is 7.18. The Bertz CT molecular complexity index is 2270. The minimum Gasteiger partial charge on any atom is -0.493 e. The van der Waals surface area contributed by atoms with Crippen molar-refractivity contribution < 1.29 is 28.6 Å². The lowest BCUT2D eigenvalue weighted by molar-refractivity contribution is -0.113. The van der Waals surface area contributed by atoms with Gasteiger partial charge in [-0.15, -0.1) is 0 Å². The van der Waals surface area contributed by atoms with E-state index >= 15 is 0 Å². The first-order valence-corrected chi connectivity index (χ1v) is 16.5. The fourth-order valence-electron chi connectivity index (χ4n) is 5.36. The van der Waals surface area contributed by atoms with Crippen molar-refractivity contribution in [3.8, 4) is 11.5 Å². The maximum Gasteiger partial charge on any atom is 0.335 e. The highest BCUT2D eigenvalue weighted by molar-refractivity contribution is 14.1. The highest BCUT2D eigenvalue weighted by Gasteiger charge is 2.32. The first kappa shape index (κ1) is 32.8. The van der Waals surface area contributed by atoms with Crippen molar-refractivity contribution in [1.29, 1.82) is 0 Å². The number of carboxylic acid groups (broad SMARTS) is 1. The van der Waals surface area contributed by atoms with Gasteiger partial charge in [-0.3, -0.25) is 14.2 Å². The van der Waals surface area contributed by atoms with Crippen LogP contribution in [-0.2, 0) is 11.4 Å². The van der Waals surface area contributed by atoms with Crippen LogP contribution in [0.5, 0.6) is 11.5 Å². The molecule has 1 atom stereocenters. The molecule has 12 heteroatoms. The standard InChI is InChI=1S/C36H27FIN3O6S/c1-20-30(33(42)40-26-9-4-3-5-10-26)31(23-11-13-25(37)14-12-23)41-34(43)29(48-36(41)39-20)18-22-16-27(38)32(28(17-22)46-2)47-19-21-7-6-8-24(15-21)35(44)45/h3-18,31H,19H2,1-2H3,(H,40,42)(H,44,45)/b29-18-/t31-/m0/s1. The van der Waals surface area contributed by atoms with E-state index in [0.29, 0.717) is 52.5 Å². The van der Waals surface area contributed by atoms with Gasteiger partial charge in [0.25, 0.3) is 11.5 Å². The molecule has 0 saturated heterocycles. The lowest BCUT2D eigenvalue weighted by atomic mass is 9.95. The molecule has 2 heterocycles. The number of rotatable bonds is 9. The number of carbonyl (C=O) groups is 2. The van der Waals surface area contributed by atoms with E-state index in [-0.39, 0.29) is 23.3 Å². The highest BCUT2D eigenvalue weighted by atomic mass is 127. The van der Waals surface area contributed by atoms with Gasteiger partial charge in [-0.1, -0.05) is 53.8 Å². The molecule has 48 heavy (non-hydrogen) atoms. The van der Waals surface area contributed by atoms with Gasteiger partial charge in [0.1, 0.15) is 12.4 Å². The second-order valence-corrected chi connectivity index (χ2v) is 13.0. The second kappa shape index (κ2) is 14.0. The van der Waals surface area contributed by atoms with Crippen molar-refractivity contribution in [2.45, 2.75) is 19.6 Å². The Kier molecular flexibility index (Phi) is 9.55. The average molecular weight is 776 g/mol. The molecule has 0 aliphatic carbocycles. The van der Waals surface area contributed by atoms with E-state index in [2.05, 4.69) is 32.9 Å². The molecule has 9 nitrogen and oxygen atoms in total. The van der Waals surface area contributed by atoms with Crippen LogP contribution in [0.25, 0.3) is 6.08 Å². The van der Waals surface area contributed by atoms with Gasteiger partial charge in [0, 0.05) is 5.69 Å². The SMILES string of the molecule is COc1cc(/C=c2\sc3n(c2=O)[C@@H](c2ccc(F)cc2)C(C(=O)Nc2ccccc2)=C(C)N=3)cc(I)c1OCc1cccc(C(=O)O)c1. The fraction of sp³-hybridized carbons (Fsp3) is 0.111. The topological polar surface area (TPSA) is 119 Å². The van der Waals surface area contributed by atoms with Crippen molar-refractivity contribution in [3.63, 3.8) is 0 Å². The summed E-state index contributed by atoms with van der Waals surface area (Å²) in [6.45, 7) is 1.84. The van der Waals surface area contributed by atoms with Gasteiger partial charge < -0.3 is 19.9 Å². The number of thiazole rings is 1. The van der Waals surface area contributed by atoms with Gasteiger partial charge in [0.05, 0.1) is 38.1 Å². The predicted octanol–water partition coefficient (Wildman–Crippen LogP) is 5.90. The largest absolute Gasteiger partial charge is 0.493 e. The van der Waals surface area contributed by atoms with E-state index in [1.165, 1.54) is 41.2 Å². The van der Waals surface area contributed by atoms with Crippen LogP contribution < -0.4 is 29.7 Å². The summed E-state index contributed by atoms with van der Waals surface area (Å²) in [5, 5.41) is 12.2. The number of aromatic carboxylic acids is 1. The highest BCUT2D eigenvalue weighted by Crippen LogP contribution is 2.35. The molecule has 0 saturated carbocycles. The molecule has 0 spiro atoms. The number of carbonyl (C=O) groups excluding carboxylic acids is 1. The van der Waals surface area contributed by atoms with Crippen molar-refractivity contribution in [2.24, 2.45) is 4.99 Å². The number of para-hydroxylation sites is 1.